The third-order valence-corrected chi connectivity index (χ3v) is 9.41. The molecule has 0 aromatic rings. The van der Waals surface area contributed by atoms with Crippen molar-refractivity contribution in [1.82, 2.24) is 4.90 Å². The first-order chi connectivity index (χ1) is 14.5. The van der Waals surface area contributed by atoms with E-state index in [0.717, 1.165) is 18.5 Å². The van der Waals surface area contributed by atoms with Gasteiger partial charge in [-0.1, -0.05) is 96.8 Å². The molecule has 0 bridgehead atoms. The van der Waals surface area contributed by atoms with E-state index in [1.54, 1.807) is 21.3 Å². The zero-order valence-corrected chi connectivity index (χ0v) is 22.5. The fraction of sp³-hybridized carbons (Fsp3) is 1.00. The summed E-state index contributed by atoms with van der Waals surface area (Å²) in [6.07, 6.45) is 23.4. The van der Waals surface area contributed by atoms with Gasteiger partial charge in [0.05, 0.1) is 0 Å². The summed E-state index contributed by atoms with van der Waals surface area (Å²) in [5, 5.41) is 0. The summed E-state index contributed by atoms with van der Waals surface area (Å²) >= 11 is 0. The molecule has 0 spiro atoms. The van der Waals surface area contributed by atoms with Crippen molar-refractivity contribution in [3.05, 3.63) is 0 Å². The monoisotopic (exact) mass is 445 g/mol. The summed E-state index contributed by atoms with van der Waals surface area (Å²) < 4.78 is 16.5. The van der Waals surface area contributed by atoms with E-state index < -0.39 is 8.80 Å². The van der Waals surface area contributed by atoms with Gasteiger partial charge in [-0.05, 0) is 33.4 Å². The Labute approximate surface area is 190 Å². The number of hydrogen-bond donors (Lipinski definition) is 0. The second-order valence-corrected chi connectivity index (χ2v) is 12.3. The van der Waals surface area contributed by atoms with Crippen LogP contribution in [0.4, 0.5) is 0 Å². The van der Waals surface area contributed by atoms with Crippen LogP contribution in [0, 0.1) is 0 Å². The maximum atomic E-state index is 5.51. The molecule has 0 aromatic carbocycles. The van der Waals surface area contributed by atoms with Gasteiger partial charge in [0.1, 0.15) is 0 Å². The van der Waals surface area contributed by atoms with Crippen LogP contribution in [0.2, 0.25) is 6.04 Å². The fourth-order valence-corrected chi connectivity index (χ4v) is 6.13. The van der Waals surface area contributed by atoms with Crippen LogP contribution in [0.25, 0.3) is 0 Å². The Morgan fingerprint density at radius 2 is 0.933 bits per heavy atom. The van der Waals surface area contributed by atoms with E-state index >= 15 is 0 Å². The first-order valence-corrected chi connectivity index (χ1v) is 14.8. The minimum Gasteiger partial charge on any atom is -0.377 e. The van der Waals surface area contributed by atoms with E-state index in [1.807, 2.05) is 0 Å². The Morgan fingerprint density at radius 1 is 0.567 bits per heavy atom. The molecule has 0 N–H and O–H groups in total. The standard InChI is InChI=1S/C25H55NO3Si/c1-7-8-9-10-11-12-13-14-15-16-19-22-25(26(2)3)23-20-17-18-21-24-30(27-4,28-5)29-6/h25H,7-24H2,1-6H3. The van der Waals surface area contributed by atoms with Crippen molar-refractivity contribution in [3.63, 3.8) is 0 Å². The van der Waals surface area contributed by atoms with E-state index in [0.29, 0.717) is 0 Å². The Hall–Kier alpha value is 0.0569. The largest absolute Gasteiger partial charge is 0.500 e. The van der Waals surface area contributed by atoms with Crippen LogP contribution in [0.15, 0.2) is 0 Å². The van der Waals surface area contributed by atoms with E-state index in [9.17, 15) is 0 Å². The minimum atomic E-state index is -2.37. The van der Waals surface area contributed by atoms with Crippen molar-refractivity contribution in [2.45, 2.75) is 128 Å². The number of nitrogens with zero attached hydrogens (tertiary/aromatic N) is 1. The average molecular weight is 446 g/mol. The predicted molar refractivity (Wildman–Crippen MR) is 133 cm³/mol. The van der Waals surface area contributed by atoms with Gasteiger partial charge in [0.15, 0.2) is 0 Å². The summed E-state index contributed by atoms with van der Waals surface area (Å²) in [5.41, 5.74) is 0. The van der Waals surface area contributed by atoms with Crippen LogP contribution in [0.3, 0.4) is 0 Å². The maximum Gasteiger partial charge on any atom is 0.500 e. The molecule has 0 aromatic heterocycles. The summed E-state index contributed by atoms with van der Waals surface area (Å²) in [5.74, 6) is 0. The maximum absolute atomic E-state index is 5.51. The van der Waals surface area contributed by atoms with Crippen LogP contribution < -0.4 is 0 Å². The summed E-state index contributed by atoms with van der Waals surface area (Å²) in [7, 11) is 7.24. The second kappa shape index (κ2) is 20.9. The first-order valence-electron chi connectivity index (χ1n) is 12.9. The van der Waals surface area contributed by atoms with Crippen molar-refractivity contribution in [2.75, 3.05) is 35.4 Å². The lowest BCUT2D eigenvalue weighted by Gasteiger charge is -2.25. The predicted octanol–water partition coefficient (Wildman–Crippen LogP) is 7.45. The van der Waals surface area contributed by atoms with Gasteiger partial charge in [0.25, 0.3) is 0 Å². The Kier molecular flexibility index (Phi) is 21.0. The van der Waals surface area contributed by atoms with Gasteiger partial charge in [0.2, 0.25) is 0 Å². The van der Waals surface area contributed by atoms with Gasteiger partial charge in [-0.25, -0.2) is 0 Å². The molecule has 0 saturated heterocycles. The first kappa shape index (κ1) is 30.1. The van der Waals surface area contributed by atoms with Crippen LogP contribution in [0.5, 0.6) is 0 Å². The molecule has 182 valence electrons. The summed E-state index contributed by atoms with van der Waals surface area (Å²) in [4.78, 5) is 2.44. The van der Waals surface area contributed by atoms with Crippen molar-refractivity contribution >= 4 is 8.80 Å². The molecule has 30 heavy (non-hydrogen) atoms. The molecule has 0 amide bonds. The molecule has 0 radical (unpaired) electrons. The van der Waals surface area contributed by atoms with Gasteiger partial charge >= 0.3 is 8.80 Å². The second-order valence-electron chi connectivity index (χ2n) is 9.19. The highest BCUT2D eigenvalue weighted by molar-refractivity contribution is 6.60. The molecule has 1 atom stereocenters. The van der Waals surface area contributed by atoms with Gasteiger partial charge in [-0.2, -0.15) is 0 Å². The Balaban J connectivity index is 3.68. The minimum absolute atomic E-state index is 0.744. The topological polar surface area (TPSA) is 30.9 Å². The summed E-state index contributed by atoms with van der Waals surface area (Å²) in [6, 6.07) is 1.67. The van der Waals surface area contributed by atoms with Crippen molar-refractivity contribution in [1.29, 1.82) is 0 Å². The molecule has 0 rings (SSSR count). The van der Waals surface area contributed by atoms with E-state index in [2.05, 4.69) is 25.9 Å². The van der Waals surface area contributed by atoms with Crippen LogP contribution in [-0.4, -0.2) is 55.2 Å². The van der Waals surface area contributed by atoms with Gasteiger partial charge in [-0.15, -0.1) is 0 Å². The molecule has 0 aliphatic heterocycles. The number of hydrogen-bond acceptors (Lipinski definition) is 4. The van der Waals surface area contributed by atoms with Gasteiger partial charge in [-0.3, -0.25) is 0 Å². The zero-order chi connectivity index (χ0) is 22.5. The quantitative estimate of drug-likeness (QED) is 0.121. The zero-order valence-electron chi connectivity index (χ0n) is 21.5. The van der Waals surface area contributed by atoms with Crippen molar-refractivity contribution < 1.29 is 13.3 Å². The molecule has 5 heteroatoms. The number of rotatable bonds is 23. The molecule has 0 aliphatic carbocycles. The van der Waals surface area contributed by atoms with E-state index in [1.165, 1.54) is 103 Å². The lowest BCUT2D eigenvalue weighted by atomic mass is 9.99. The molecule has 4 nitrogen and oxygen atoms in total. The van der Waals surface area contributed by atoms with Crippen molar-refractivity contribution in [3.8, 4) is 0 Å². The van der Waals surface area contributed by atoms with Gasteiger partial charge in [0, 0.05) is 33.4 Å². The molecule has 0 saturated carbocycles. The number of unbranched alkanes of at least 4 members (excludes halogenated alkanes) is 13. The molecule has 0 fully saturated rings. The Morgan fingerprint density at radius 3 is 1.30 bits per heavy atom. The fourth-order valence-electron chi connectivity index (χ4n) is 4.34. The van der Waals surface area contributed by atoms with Crippen molar-refractivity contribution in [2.24, 2.45) is 0 Å². The smallest absolute Gasteiger partial charge is 0.377 e. The lowest BCUT2D eigenvalue weighted by molar-refractivity contribution is 0.122. The molecule has 0 aliphatic rings. The normalized spacial score (nSPS) is 13.3. The third kappa shape index (κ3) is 15.8. The summed E-state index contributed by atoms with van der Waals surface area (Å²) in [6.45, 7) is 2.29. The molecular weight excluding hydrogens is 390 g/mol. The highest BCUT2D eigenvalue weighted by atomic mass is 28.4. The molecule has 0 heterocycles. The molecule has 1 unspecified atom stereocenters. The lowest BCUT2D eigenvalue weighted by Crippen LogP contribution is -2.42. The Bertz CT molecular complexity index is 343. The highest BCUT2D eigenvalue weighted by Crippen LogP contribution is 2.20. The highest BCUT2D eigenvalue weighted by Gasteiger charge is 2.36. The molecular formula is C25H55NO3Si. The van der Waals surface area contributed by atoms with E-state index in [-0.39, 0.29) is 0 Å². The van der Waals surface area contributed by atoms with Gasteiger partial charge < -0.3 is 18.2 Å². The third-order valence-electron chi connectivity index (χ3n) is 6.57. The van der Waals surface area contributed by atoms with Crippen LogP contribution >= 0.6 is 0 Å². The van der Waals surface area contributed by atoms with E-state index in [4.69, 9.17) is 13.3 Å². The average Bonchev–Trinajstić information content (AvgIpc) is 2.75. The van der Waals surface area contributed by atoms with Crippen LogP contribution in [-0.2, 0) is 13.3 Å². The van der Waals surface area contributed by atoms with Crippen LogP contribution in [0.1, 0.15) is 116 Å². The SMILES string of the molecule is CCCCCCCCCCCCCC(CCCCCC[Si](OC)(OC)OC)N(C)C.